The Balaban J connectivity index is -0.00000000183. The van der Waals surface area contributed by atoms with Crippen molar-refractivity contribution in [3.05, 3.63) is 0 Å². The zero-order valence-electron chi connectivity index (χ0n) is 35.0. The van der Waals surface area contributed by atoms with E-state index < -0.39 is 0 Å². The third-order valence-corrected chi connectivity index (χ3v) is 0. The van der Waals surface area contributed by atoms with Crippen LogP contribution < -0.4 is 925 Å². The van der Waals surface area contributed by atoms with Crippen LogP contribution in [0.3, 0.4) is 0 Å². The van der Waals surface area contributed by atoms with Crippen LogP contribution in [0.1, 0.15) is 0 Å². The summed E-state index contributed by atoms with van der Waals surface area (Å²) < 4.78 is 0. The minimum absolute atomic E-state index is 0. The first-order chi connectivity index (χ1) is 18.0. The first-order valence-corrected chi connectivity index (χ1v) is 12.1. The molecule has 0 aliphatic rings. The molecule has 0 saturated heterocycles. The molecule has 0 bridgehead atoms. The van der Waals surface area contributed by atoms with Gasteiger partial charge >= 0.3 is 925 Å². The Kier molecular flexibility index (Phi) is 2380. The predicted molar refractivity (Wildman–Crippen MR) is 190 cm³/mol. The molecule has 0 aromatic carbocycles. The molecule has 0 heterocycles. The summed E-state index contributed by atoms with van der Waals surface area (Å²) in [5.74, 6) is 0. The van der Waals surface area contributed by atoms with Gasteiger partial charge in [0.15, 0.2) is 0 Å². The van der Waals surface area contributed by atoms with Gasteiger partial charge in [0.2, 0.25) is 0 Å². The summed E-state index contributed by atoms with van der Waals surface area (Å²) in [5, 5.41) is 0. The van der Waals surface area contributed by atoms with E-state index in [0.29, 0.717) is 0 Å². The average molecular weight is 1590 g/mol. The molecular weight excluding hydrogens is 1550 g/mol. The van der Waals surface area contributed by atoms with E-state index in [1.807, 2.05) is 170 Å². The van der Waals surface area contributed by atoms with Crippen LogP contribution in [0.2, 0.25) is 0 Å². The fourth-order valence-electron chi connectivity index (χ4n) is 0. The van der Waals surface area contributed by atoms with Crippen molar-refractivity contribution in [1.29, 1.82) is 0 Å². The second-order valence-electron chi connectivity index (χ2n) is 0. The maximum Gasteiger partial charge on any atom is 1.00 e. The van der Waals surface area contributed by atoms with Gasteiger partial charge in [0.1, 0.15) is 0 Å². The van der Waals surface area contributed by atoms with Crippen LogP contribution >= 0.6 is 170 Å². The molecule has 0 radical (unpaired) electrons. The van der Waals surface area contributed by atoms with Crippen LogP contribution in [-0.4, -0.2) is 88.1 Å². The topological polar surface area (TPSA) is 364 Å². The van der Waals surface area contributed by atoms with E-state index in [2.05, 4.69) is 0 Å². The normalized spacial score (nSPS) is 2.00. The van der Waals surface area contributed by atoms with Crippen molar-refractivity contribution in [3.63, 3.8) is 0 Å². The smallest absolute Gasteiger partial charge is 0.575 e. The maximum atomic E-state index is 6.81. The molecular formula is H36K18O18P18. The van der Waals surface area contributed by atoms with Crippen molar-refractivity contribution in [3.8, 4) is 0 Å². The quantitative estimate of drug-likeness (QED) is 0.0791. The van der Waals surface area contributed by atoms with E-state index in [1.165, 1.54) is 0 Å². The van der Waals surface area contributed by atoms with Gasteiger partial charge in [0, 0.05) is 0 Å². The molecule has 0 fully saturated rings. The van der Waals surface area contributed by atoms with Gasteiger partial charge in [-0.2, -0.15) is 0 Å². The molecule has 0 amide bonds. The van der Waals surface area contributed by atoms with Gasteiger partial charge in [-0.3, -0.25) is 0 Å². The maximum absolute atomic E-state index is 6.81. The Morgan fingerprint density at radius 3 is 0.0741 bits per heavy atom. The molecule has 18 N–H and O–H groups in total. The first kappa shape index (κ1) is 244. The van der Waals surface area contributed by atoms with Crippen LogP contribution in [0, 0.1) is 0 Å². The van der Waals surface area contributed by atoms with Crippen LogP contribution in [-0.2, 0) is 0 Å². The molecule has 0 aromatic heterocycles. The molecule has 0 saturated carbocycles. The van der Waals surface area contributed by atoms with E-state index in [0.717, 1.165) is 0 Å². The summed E-state index contributed by atoms with van der Waals surface area (Å²) in [5.41, 5.74) is 0. The summed E-state index contributed by atoms with van der Waals surface area (Å²) in [7, 11) is 35.5. The van der Waals surface area contributed by atoms with Gasteiger partial charge in [0.05, 0.1) is 0 Å². The monoisotopic (exact) mass is 1580 g/mol. The third-order valence-electron chi connectivity index (χ3n) is 0. The van der Waals surface area contributed by atoms with E-state index >= 15 is 0 Å². The third kappa shape index (κ3) is 509. The molecule has 0 aliphatic carbocycles. The molecule has 0 rings (SSSR count). The summed E-state index contributed by atoms with van der Waals surface area (Å²) in [6.45, 7) is 0. The summed E-state index contributed by atoms with van der Waals surface area (Å²) >= 11 is 0. The standard InChI is InChI=1S/18K.18H2OP/c;;;;;;;;;;;;;;;;;;18*1-2/h;;;;;;;;;;;;;;;;;;18*1-2H/q18*+1;18*-1. The van der Waals surface area contributed by atoms with Gasteiger partial charge in [0.25, 0.3) is 0 Å². The van der Waals surface area contributed by atoms with Crippen LogP contribution in [0.4, 0.5) is 0 Å². The molecule has 0 aromatic rings. The number of hydrogen-bond acceptors (Lipinski definition) is 18. The number of rotatable bonds is 0. The minimum Gasteiger partial charge on any atom is -0.575 e. The van der Waals surface area contributed by atoms with E-state index in [-0.39, 0.29) is 925 Å². The summed E-state index contributed by atoms with van der Waals surface area (Å²) in [4.78, 5) is 123. The second kappa shape index (κ2) is 526. The Morgan fingerprint density at radius 2 is 0.0741 bits per heavy atom. The van der Waals surface area contributed by atoms with Crippen molar-refractivity contribution >= 4 is 170 Å². The van der Waals surface area contributed by atoms with Crippen LogP contribution in [0.15, 0.2) is 0 Å². The molecule has 54 heavy (non-hydrogen) atoms. The Bertz CT molecular complexity index is 85.6. The van der Waals surface area contributed by atoms with Crippen LogP contribution in [0.25, 0.3) is 0 Å². The number of hydrogen-bond donors (Lipinski definition) is 18. The van der Waals surface area contributed by atoms with Crippen molar-refractivity contribution < 1.29 is 1010 Å². The zero-order valence-corrected chi connectivity index (χ0v) is 109. The average Bonchev–Trinajstić information content (AvgIpc) is 3.13. The van der Waals surface area contributed by atoms with Gasteiger partial charge in [-0.1, -0.05) is 0 Å². The molecule has 54 heteroatoms. The Labute approximate surface area is 1140 Å². The minimum atomic E-state index is 0. The van der Waals surface area contributed by atoms with Gasteiger partial charge in [-0.25, -0.2) is 0 Å². The Morgan fingerprint density at radius 1 is 0.0741 bits per heavy atom. The molecule has 18 nitrogen and oxygen atoms in total. The van der Waals surface area contributed by atoms with Crippen LogP contribution in [0.5, 0.6) is 0 Å². The molecule has 0 spiro atoms. The van der Waals surface area contributed by atoms with Gasteiger partial charge in [-0.05, 0) is 0 Å². The second-order valence-corrected chi connectivity index (χ2v) is 0. The molecule has 0 atom stereocenters. The van der Waals surface area contributed by atoms with Gasteiger partial charge in [-0.15, -0.1) is 0 Å². The SMILES string of the molecule is O[PH-].O[PH-].O[PH-].O[PH-].O[PH-].O[PH-].O[PH-].O[PH-].O[PH-].O[PH-].O[PH-].O[PH-].O[PH-].O[PH-].O[PH-].O[PH-].O[PH-].O[PH-].[K+].[K+].[K+].[K+].[K+].[K+].[K+].[K+].[K+].[K+].[K+].[K+].[K+].[K+].[K+].[K+].[K+].[K+]. The zero-order chi connectivity index (χ0) is 36.0. The van der Waals surface area contributed by atoms with E-state index in [9.17, 15) is 0 Å². The summed E-state index contributed by atoms with van der Waals surface area (Å²) in [6.07, 6.45) is 0. The Hall–Kier alpha value is 36.5. The molecule has 0 unspecified atom stereocenters. The predicted octanol–water partition coefficient (Wildman–Crippen LogP) is -53.3. The first-order valence-electron chi connectivity index (χ1n) is 4.02. The van der Waals surface area contributed by atoms with E-state index in [4.69, 9.17) is 88.1 Å². The van der Waals surface area contributed by atoms with Crippen molar-refractivity contribution in [2.45, 2.75) is 0 Å². The van der Waals surface area contributed by atoms with Gasteiger partial charge < -0.3 is 258 Å². The largest absolute Gasteiger partial charge is 1.00 e. The van der Waals surface area contributed by atoms with Crippen molar-refractivity contribution in [2.75, 3.05) is 0 Å². The fourth-order valence-corrected chi connectivity index (χ4v) is 0. The van der Waals surface area contributed by atoms with Crippen molar-refractivity contribution in [1.82, 2.24) is 0 Å². The fraction of sp³-hybridized carbons (Fsp3) is 0. The van der Waals surface area contributed by atoms with Crippen molar-refractivity contribution in [2.24, 2.45) is 0 Å². The molecule has 0 aliphatic heterocycles. The summed E-state index contributed by atoms with van der Waals surface area (Å²) in [6, 6.07) is 0. The molecule has 252 valence electrons. The van der Waals surface area contributed by atoms with E-state index in [1.54, 1.807) is 0 Å².